The van der Waals surface area contributed by atoms with Crippen molar-refractivity contribution in [3.05, 3.63) is 143 Å². The second-order valence-corrected chi connectivity index (χ2v) is 27.5. The number of fused-ring (bicyclic) bond motifs is 4. The molecule has 5 aromatic carbocycles. The van der Waals surface area contributed by atoms with Gasteiger partial charge in [0.15, 0.2) is 0 Å². The van der Waals surface area contributed by atoms with Gasteiger partial charge in [0.05, 0.1) is 22.4 Å². The van der Waals surface area contributed by atoms with Crippen LogP contribution in [-0.2, 0) is 12.8 Å². The lowest BCUT2D eigenvalue weighted by Crippen LogP contribution is -2.55. The number of aromatic nitrogens is 2. The van der Waals surface area contributed by atoms with Crippen LogP contribution in [0.5, 0.6) is 0 Å². The van der Waals surface area contributed by atoms with Crippen molar-refractivity contribution in [2.75, 3.05) is 0 Å². The zero-order valence-electron chi connectivity index (χ0n) is 43.9. The fraction of sp³-hybridized carbons (Fsp3) is 0.394. The highest BCUT2D eigenvalue weighted by molar-refractivity contribution is 7.19. The first-order valence-corrected chi connectivity index (χ1v) is 31.9. The fourth-order valence-corrected chi connectivity index (χ4v) is 19.1. The summed E-state index contributed by atoms with van der Waals surface area (Å²) in [5.41, 5.74) is 16.9. The first-order valence-electron chi connectivity index (χ1n) is 27.8. The van der Waals surface area contributed by atoms with Crippen molar-refractivity contribution in [1.29, 1.82) is 0 Å². The Balaban J connectivity index is 1.15. The van der Waals surface area contributed by atoms with E-state index in [9.17, 15) is 0 Å². The monoisotopic (exact) mass is 991 g/mol. The van der Waals surface area contributed by atoms with E-state index in [2.05, 4.69) is 163 Å². The zero-order chi connectivity index (χ0) is 49.2. The van der Waals surface area contributed by atoms with Crippen LogP contribution in [-0.4, -0.2) is 18.0 Å². The van der Waals surface area contributed by atoms with Crippen LogP contribution in [0.2, 0.25) is 12.1 Å². The minimum Gasteiger partial charge on any atom is -0.243 e. The molecule has 4 heterocycles. The van der Waals surface area contributed by atoms with E-state index in [1.165, 1.54) is 168 Å². The van der Waals surface area contributed by atoms with Crippen LogP contribution in [0, 0.1) is 13.8 Å². The van der Waals surface area contributed by atoms with Crippen LogP contribution in [0.15, 0.2) is 121 Å². The van der Waals surface area contributed by atoms with Gasteiger partial charge in [0.25, 0.3) is 0 Å². The Labute approximate surface area is 436 Å². The van der Waals surface area contributed by atoms with Crippen molar-refractivity contribution in [2.45, 2.75) is 169 Å². The molecule has 0 unspecified atom stereocenters. The molecule has 0 bridgehead atoms. The van der Waals surface area contributed by atoms with Crippen LogP contribution in [0.25, 0.3) is 76.0 Å². The molecular weight excluding hydrogens is 913 g/mol. The Hall–Kier alpha value is -4.94. The smallest absolute Gasteiger partial charge is 0.119 e. The SMILES string of the molecule is CCCCCCCC[Si]1(CCCCCCCC)c2cc(C)ccc2-c2ccc(-c3ccc(-c4ccc(-c5ccc(C)s5)c5nc(-c6ccc(CCCC)cc6)c(-c6ccc(CCCC)cc6)nc45)s3)cc21. The standard InChI is InChI=1S/C66H78N2S2Si/c1-7-11-15-17-19-21-43-71(44-22-20-18-16-12-8-2)61-45-47(5)25-36-54(61)55-37-35-53(46-62(55)71)58-41-42-60(70-58)57-39-38-56(59-40-26-48(6)69-59)65-66(57)68-64(52-33-29-50(30-34-52)24-14-10-4)63(67-65)51-31-27-49(28-32-51)23-13-9-3/h25-42,45-46H,7-24,43-44H2,1-6H3. The van der Waals surface area contributed by atoms with Crippen molar-refractivity contribution < 1.29 is 0 Å². The van der Waals surface area contributed by atoms with Crippen molar-refractivity contribution in [1.82, 2.24) is 9.97 Å². The van der Waals surface area contributed by atoms with Gasteiger partial charge in [-0.25, -0.2) is 9.97 Å². The topological polar surface area (TPSA) is 25.8 Å². The molecule has 0 atom stereocenters. The Kier molecular flexibility index (Phi) is 17.4. The summed E-state index contributed by atoms with van der Waals surface area (Å²) in [6, 6.07) is 50.0. The van der Waals surface area contributed by atoms with E-state index in [1.807, 2.05) is 22.7 Å². The number of hydrogen-bond acceptors (Lipinski definition) is 4. The first-order chi connectivity index (χ1) is 34.8. The summed E-state index contributed by atoms with van der Waals surface area (Å²) in [5.74, 6) is 0. The van der Waals surface area contributed by atoms with Gasteiger partial charge in [0.2, 0.25) is 0 Å². The lowest BCUT2D eigenvalue weighted by atomic mass is 9.98. The molecule has 8 aromatic rings. The normalized spacial score (nSPS) is 12.8. The third-order valence-electron chi connectivity index (χ3n) is 15.5. The Morgan fingerprint density at radius 2 is 0.817 bits per heavy atom. The summed E-state index contributed by atoms with van der Waals surface area (Å²) in [6.07, 6.45) is 23.2. The lowest BCUT2D eigenvalue weighted by molar-refractivity contribution is 0.616. The molecule has 0 N–H and O–H groups in total. The van der Waals surface area contributed by atoms with Gasteiger partial charge in [-0.1, -0.05) is 220 Å². The molecular formula is C66H78N2S2Si. The van der Waals surface area contributed by atoms with Gasteiger partial charge in [0, 0.05) is 41.8 Å². The van der Waals surface area contributed by atoms with E-state index in [1.54, 1.807) is 10.4 Å². The van der Waals surface area contributed by atoms with Gasteiger partial charge in [-0.2, -0.15) is 0 Å². The van der Waals surface area contributed by atoms with Crippen molar-refractivity contribution >= 4 is 52.2 Å². The lowest BCUT2D eigenvalue weighted by Gasteiger charge is -2.31. The minimum atomic E-state index is -2.04. The number of aryl methyl sites for hydroxylation is 4. The van der Waals surface area contributed by atoms with E-state index in [0.29, 0.717) is 0 Å². The van der Waals surface area contributed by atoms with Crippen molar-refractivity contribution in [3.63, 3.8) is 0 Å². The summed E-state index contributed by atoms with van der Waals surface area (Å²) < 4.78 is 0. The predicted molar refractivity (Wildman–Crippen MR) is 316 cm³/mol. The maximum atomic E-state index is 5.79. The number of unbranched alkanes of at least 4 members (excludes halogenated alkanes) is 12. The quantitative estimate of drug-likeness (QED) is 0.0421. The van der Waals surface area contributed by atoms with E-state index in [4.69, 9.17) is 9.97 Å². The fourth-order valence-electron chi connectivity index (χ4n) is 11.4. The number of hydrogen-bond donors (Lipinski definition) is 0. The second kappa shape index (κ2) is 24.2. The third kappa shape index (κ3) is 11.5. The third-order valence-corrected chi connectivity index (χ3v) is 23.0. The maximum absolute atomic E-state index is 5.79. The first kappa shape index (κ1) is 51.0. The van der Waals surface area contributed by atoms with Crippen LogP contribution in [0.4, 0.5) is 0 Å². The molecule has 0 saturated carbocycles. The van der Waals surface area contributed by atoms with Gasteiger partial charge in [-0.3, -0.25) is 0 Å². The van der Waals surface area contributed by atoms with Crippen LogP contribution < -0.4 is 10.4 Å². The number of thiophene rings is 2. The highest BCUT2D eigenvalue weighted by Crippen LogP contribution is 2.44. The Bertz CT molecular complexity index is 2990. The number of rotatable bonds is 25. The Morgan fingerprint density at radius 3 is 1.34 bits per heavy atom. The summed E-state index contributed by atoms with van der Waals surface area (Å²) in [6.45, 7) is 13.7. The molecule has 0 aliphatic carbocycles. The number of benzene rings is 5. The molecule has 368 valence electrons. The molecule has 0 radical (unpaired) electrons. The van der Waals surface area contributed by atoms with Crippen molar-refractivity contribution in [3.8, 4) is 65.0 Å². The largest absolute Gasteiger partial charge is 0.243 e. The molecule has 2 nitrogen and oxygen atoms in total. The highest BCUT2D eigenvalue weighted by atomic mass is 32.1. The van der Waals surface area contributed by atoms with Crippen molar-refractivity contribution in [2.24, 2.45) is 0 Å². The highest BCUT2D eigenvalue weighted by Gasteiger charge is 2.44. The van der Waals surface area contributed by atoms with Crippen LogP contribution in [0.1, 0.15) is 152 Å². The van der Waals surface area contributed by atoms with Crippen LogP contribution in [0.3, 0.4) is 0 Å². The molecule has 9 rings (SSSR count). The molecule has 71 heavy (non-hydrogen) atoms. The second-order valence-electron chi connectivity index (χ2n) is 20.9. The molecule has 0 fully saturated rings. The molecule has 0 amide bonds. The molecule has 3 aromatic heterocycles. The van der Waals surface area contributed by atoms with Gasteiger partial charge in [-0.05, 0) is 114 Å². The summed E-state index contributed by atoms with van der Waals surface area (Å²) in [7, 11) is -2.04. The average molecular weight is 992 g/mol. The average Bonchev–Trinajstić information content (AvgIpc) is 4.13. The molecule has 0 saturated heterocycles. The molecule has 5 heteroatoms. The van der Waals surface area contributed by atoms with E-state index in [0.717, 1.165) is 57.5 Å². The van der Waals surface area contributed by atoms with E-state index >= 15 is 0 Å². The van der Waals surface area contributed by atoms with Gasteiger partial charge >= 0.3 is 0 Å². The van der Waals surface area contributed by atoms with Gasteiger partial charge in [-0.15, -0.1) is 22.7 Å². The van der Waals surface area contributed by atoms with Gasteiger partial charge < -0.3 is 0 Å². The summed E-state index contributed by atoms with van der Waals surface area (Å²) >= 11 is 3.76. The molecule has 1 aliphatic heterocycles. The van der Waals surface area contributed by atoms with E-state index in [-0.39, 0.29) is 0 Å². The van der Waals surface area contributed by atoms with Crippen LogP contribution >= 0.6 is 22.7 Å². The maximum Gasteiger partial charge on any atom is 0.119 e. The van der Waals surface area contributed by atoms with Gasteiger partial charge in [0.1, 0.15) is 8.07 Å². The summed E-state index contributed by atoms with van der Waals surface area (Å²) in [4.78, 5) is 16.6. The zero-order valence-corrected chi connectivity index (χ0v) is 46.5. The number of nitrogens with zero attached hydrogens (tertiary/aromatic N) is 2. The summed E-state index contributed by atoms with van der Waals surface area (Å²) in [5, 5.41) is 3.43. The van der Waals surface area contributed by atoms with E-state index < -0.39 is 8.07 Å². The minimum absolute atomic E-state index is 0.947. The molecule has 0 spiro atoms. The Morgan fingerprint density at radius 1 is 0.380 bits per heavy atom. The molecule has 1 aliphatic rings. The predicted octanol–water partition coefficient (Wildman–Crippen LogP) is 19.7.